The summed E-state index contributed by atoms with van der Waals surface area (Å²) in [5.74, 6) is -0.266. The number of hydrogen-bond donors (Lipinski definition) is 3. The van der Waals surface area contributed by atoms with Crippen LogP contribution < -0.4 is 10.6 Å². The highest BCUT2D eigenvalue weighted by atomic mass is 16.4. The second-order valence-electron chi connectivity index (χ2n) is 5.38. The molecule has 2 heterocycles. The molecule has 2 amide bonds. The number of aromatic nitrogens is 3. The van der Waals surface area contributed by atoms with Crippen molar-refractivity contribution < 1.29 is 14.7 Å². The molecule has 2 rings (SSSR count). The Morgan fingerprint density at radius 3 is 2.83 bits per heavy atom. The molecule has 0 atom stereocenters. The molecule has 0 spiro atoms. The quantitative estimate of drug-likeness (QED) is 0.720. The van der Waals surface area contributed by atoms with Gasteiger partial charge in [0, 0.05) is 12.7 Å². The largest absolute Gasteiger partial charge is 0.481 e. The van der Waals surface area contributed by atoms with Crippen LogP contribution in [0.25, 0.3) is 5.82 Å². The Kier molecular flexibility index (Phi) is 5.89. The van der Waals surface area contributed by atoms with Crippen molar-refractivity contribution in [2.45, 2.75) is 33.1 Å². The molecule has 0 aliphatic heterocycles. The molecular weight excluding hydrogens is 310 g/mol. The SMILES string of the molecule is CCCc1c(NC(=O)NCCC(=O)O)cnn1-c1cc(C)ccn1. The van der Waals surface area contributed by atoms with Crippen LogP contribution in [0.5, 0.6) is 0 Å². The number of aryl methyl sites for hydroxylation is 1. The molecule has 3 N–H and O–H groups in total. The highest BCUT2D eigenvalue weighted by molar-refractivity contribution is 5.90. The van der Waals surface area contributed by atoms with Gasteiger partial charge in [-0.3, -0.25) is 4.79 Å². The summed E-state index contributed by atoms with van der Waals surface area (Å²) in [5.41, 5.74) is 2.51. The van der Waals surface area contributed by atoms with E-state index in [0.717, 1.165) is 24.1 Å². The minimum absolute atomic E-state index is 0.0673. The van der Waals surface area contributed by atoms with Gasteiger partial charge in [0.1, 0.15) is 0 Å². The highest BCUT2D eigenvalue weighted by Crippen LogP contribution is 2.20. The molecule has 128 valence electrons. The molecule has 8 nitrogen and oxygen atoms in total. The van der Waals surface area contributed by atoms with Gasteiger partial charge in [-0.2, -0.15) is 5.10 Å². The number of carboxylic acid groups (broad SMARTS) is 1. The lowest BCUT2D eigenvalue weighted by Gasteiger charge is -2.10. The summed E-state index contributed by atoms with van der Waals surface area (Å²) in [4.78, 5) is 26.7. The van der Waals surface area contributed by atoms with Crippen LogP contribution >= 0.6 is 0 Å². The van der Waals surface area contributed by atoms with Crippen molar-refractivity contribution in [3.63, 3.8) is 0 Å². The molecule has 0 unspecified atom stereocenters. The summed E-state index contributed by atoms with van der Waals surface area (Å²) in [6.07, 6.45) is 4.77. The normalized spacial score (nSPS) is 10.4. The molecule has 8 heteroatoms. The Morgan fingerprint density at radius 2 is 2.17 bits per heavy atom. The summed E-state index contributed by atoms with van der Waals surface area (Å²) in [6, 6.07) is 3.37. The van der Waals surface area contributed by atoms with E-state index in [-0.39, 0.29) is 13.0 Å². The fourth-order valence-electron chi connectivity index (χ4n) is 2.24. The number of nitrogens with zero attached hydrogens (tertiary/aromatic N) is 3. The molecule has 0 aliphatic rings. The summed E-state index contributed by atoms with van der Waals surface area (Å²) in [6.45, 7) is 4.08. The summed E-state index contributed by atoms with van der Waals surface area (Å²) in [5, 5.41) is 18.1. The first-order chi connectivity index (χ1) is 11.5. The van der Waals surface area contributed by atoms with Crippen LogP contribution in [0, 0.1) is 6.92 Å². The first kappa shape index (κ1) is 17.5. The minimum Gasteiger partial charge on any atom is -0.481 e. The van der Waals surface area contributed by atoms with Crippen LogP contribution in [0.15, 0.2) is 24.5 Å². The van der Waals surface area contributed by atoms with E-state index in [1.165, 1.54) is 0 Å². The summed E-state index contributed by atoms with van der Waals surface area (Å²) < 4.78 is 1.71. The smallest absolute Gasteiger partial charge is 0.319 e. The molecular formula is C16H21N5O3. The number of pyridine rings is 1. The molecule has 2 aromatic rings. The van der Waals surface area contributed by atoms with Gasteiger partial charge in [-0.1, -0.05) is 13.3 Å². The number of rotatable bonds is 7. The van der Waals surface area contributed by atoms with Crippen molar-refractivity contribution in [3.05, 3.63) is 35.8 Å². The van der Waals surface area contributed by atoms with Crippen molar-refractivity contribution in [2.24, 2.45) is 0 Å². The molecule has 2 aromatic heterocycles. The number of hydrogen-bond acceptors (Lipinski definition) is 4. The lowest BCUT2D eigenvalue weighted by Crippen LogP contribution is -2.30. The summed E-state index contributed by atoms with van der Waals surface area (Å²) >= 11 is 0. The number of amides is 2. The number of carbonyl (C=O) groups excluding carboxylic acids is 1. The van der Waals surface area contributed by atoms with E-state index >= 15 is 0 Å². The highest BCUT2D eigenvalue weighted by Gasteiger charge is 2.14. The summed E-state index contributed by atoms with van der Waals surface area (Å²) in [7, 11) is 0. The average Bonchev–Trinajstić information content (AvgIpc) is 2.90. The van der Waals surface area contributed by atoms with Crippen LogP contribution in [0.3, 0.4) is 0 Å². The standard InChI is InChI=1S/C16H21N5O3/c1-3-4-13-12(20-16(24)18-8-6-15(22)23)10-19-21(13)14-9-11(2)5-7-17-14/h5,7,9-10H,3-4,6,8H2,1-2H3,(H,22,23)(H2,18,20,24). The second-order valence-corrected chi connectivity index (χ2v) is 5.38. The zero-order chi connectivity index (χ0) is 17.5. The Labute approximate surface area is 139 Å². The molecule has 0 bridgehead atoms. The zero-order valence-corrected chi connectivity index (χ0v) is 13.7. The molecule has 0 radical (unpaired) electrons. The van der Waals surface area contributed by atoms with Gasteiger partial charge in [0.05, 0.1) is 24.0 Å². The van der Waals surface area contributed by atoms with E-state index < -0.39 is 12.0 Å². The van der Waals surface area contributed by atoms with E-state index in [2.05, 4.69) is 20.7 Å². The number of aliphatic carboxylic acids is 1. The molecule has 0 aromatic carbocycles. The van der Waals surface area contributed by atoms with E-state index in [9.17, 15) is 9.59 Å². The Morgan fingerprint density at radius 1 is 1.38 bits per heavy atom. The second kappa shape index (κ2) is 8.09. The van der Waals surface area contributed by atoms with Gasteiger partial charge in [-0.25, -0.2) is 14.5 Å². The lowest BCUT2D eigenvalue weighted by atomic mass is 10.2. The van der Waals surface area contributed by atoms with Crippen LogP contribution in [-0.4, -0.2) is 38.4 Å². The maximum absolute atomic E-state index is 11.9. The number of nitrogens with one attached hydrogen (secondary N) is 2. The zero-order valence-electron chi connectivity index (χ0n) is 13.7. The molecule has 0 saturated carbocycles. The van der Waals surface area contributed by atoms with Gasteiger partial charge in [0.25, 0.3) is 0 Å². The van der Waals surface area contributed by atoms with Gasteiger partial charge in [0.15, 0.2) is 5.82 Å². The number of carboxylic acids is 1. The third-order valence-electron chi connectivity index (χ3n) is 3.35. The van der Waals surface area contributed by atoms with Crippen LogP contribution in [0.4, 0.5) is 10.5 Å². The number of urea groups is 1. The van der Waals surface area contributed by atoms with E-state index in [0.29, 0.717) is 11.5 Å². The van der Waals surface area contributed by atoms with Crippen molar-refractivity contribution in [2.75, 3.05) is 11.9 Å². The van der Waals surface area contributed by atoms with Crippen LogP contribution in [0.1, 0.15) is 31.0 Å². The van der Waals surface area contributed by atoms with Crippen molar-refractivity contribution in [3.8, 4) is 5.82 Å². The molecule has 0 saturated heterocycles. The van der Waals surface area contributed by atoms with Gasteiger partial charge in [-0.05, 0) is 31.0 Å². The van der Waals surface area contributed by atoms with Crippen molar-refractivity contribution in [1.29, 1.82) is 0 Å². The number of anilines is 1. The predicted molar refractivity (Wildman–Crippen MR) is 89.4 cm³/mol. The maximum atomic E-state index is 11.9. The van der Waals surface area contributed by atoms with Gasteiger partial charge in [-0.15, -0.1) is 0 Å². The Bertz CT molecular complexity index is 726. The fourth-order valence-corrected chi connectivity index (χ4v) is 2.24. The molecule has 0 fully saturated rings. The van der Waals surface area contributed by atoms with Crippen LogP contribution in [0.2, 0.25) is 0 Å². The van der Waals surface area contributed by atoms with E-state index in [4.69, 9.17) is 5.11 Å². The topological polar surface area (TPSA) is 109 Å². The Balaban J connectivity index is 2.16. The van der Waals surface area contributed by atoms with Crippen molar-refractivity contribution in [1.82, 2.24) is 20.1 Å². The van der Waals surface area contributed by atoms with Gasteiger partial charge < -0.3 is 15.7 Å². The van der Waals surface area contributed by atoms with E-state index in [1.54, 1.807) is 17.1 Å². The monoisotopic (exact) mass is 331 g/mol. The average molecular weight is 331 g/mol. The molecule has 0 aliphatic carbocycles. The van der Waals surface area contributed by atoms with Crippen molar-refractivity contribution >= 4 is 17.7 Å². The fraction of sp³-hybridized carbons (Fsp3) is 0.375. The number of carbonyl (C=O) groups is 2. The first-order valence-corrected chi connectivity index (χ1v) is 7.77. The Hall–Kier alpha value is -2.90. The minimum atomic E-state index is -0.958. The van der Waals surface area contributed by atoms with Gasteiger partial charge >= 0.3 is 12.0 Å². The van der Waals surface area contributed by atoms with E-state index in [1.807, 2.05) is 26.0 Å². The molecule has 24 heavy (non-hydrogen) atoms. The third kappa shape index (κ3) is 4.55. The maximum Gasteiger partial charge on any atom is 0.319 e. The van der Waals surface area contributed by atoms with Gasteiger partial charge in [0.2, 0.25) is 0 Å². The van der Waals surface area contributed by atoms with Crippen LogP contribution in [-0.2, 0) is 11.2 Å². The predicted octanol–water partition coefficient (Wildman–Crippen LogP) is 2.12. The third-order valence-corrected chi connectivity index (χ3v) is 3.35. The first-order valence-electron chi connectivity index (χ1n) is 7.77. The lowest BCUT2D eigenvalue weighted by molar-refractivity contribution is -0.136.